The second-order valence-corrected chi connectivity index (χ2v) is 8.23. The number of amidine groups is 1. The number of carbonyl (C=O) groups is 1. The molecule has 6 nitrogen and oxygen atoms in total. The van der Waals surface area contributed by atoms with Crippen LogP contribution in [-0.4, -0.2) is 26.2 Å². The Morgan fingerprint density at radius 2 is 1.78 bits per heavy atom. The van der Waals surface area contributed by atoms with Crippen LogP contribution in [0, 0.1) is 0 Å². The number of fused-ring (bicyclic) bond motifs is 1. The van der Waals surface area contributed by atoms with Crippen LogP contribution >= 0.6 is 0 Å². The van der Waals surface area contributed by atoms with Gasteiger partial charge >= 0.3 is 0 Å². The number of benzene rings is 2. The van der Waals surface area contributed by atoms with Gasteiger partial charge in [0.25, 0.3) is 10.0 Å². The topological polar surface area (TPSA) is 87.6 Å². The van der Waals surface area contributed by atoms with Gasteiger partial charge in [-0.1, -0.05) is 43.3 Å². The van der Waals surface area contributed by atoms with E-state index in [1.807, 2.05) is 31.2 Å². The summed E-state index contributed by atoms with van der Waals surface area (Å²) in [4.78, 5) is 17.0. The number of nitrogens with zero attached hydrogens (tertiary/aromatic N) is 1. The molecule has 1 aliphatic rings. The molecular weight excluding hydrogens is 362 g/mol. The Hall–Kier alpha value is -2.67. The Morgan fingerprint density at radius 1 is 1.11 bits per heavy atom. The van der Waals surface area contributed by atoms with Gasteiger partial charge in [0.2, 0.25) is 5.91 Å². The SMILES string of the molecule is CCc1ccc(C(C)NC(=O)C(C)N=C2NS(=O)(=O)c3ccccc32)cc1. The fourth-order valence-electron chi connectivity index (χ4n) is 2.94. The summed E-state index contributed by atoms with van der Waals surface area (Å²) in [6, 6.07) is 13.8. The lowest BCUT2D eigenvalue weighted by Crippen LogP contribution is -2.35. The molecule has 0 aliphatic carbocycles. The summed E-state index contributed by atoms with van der Waals surface area (Å²) in [6.45, 7) is 5.65. The molecular formula is C20H23N3O3S. The number of hydrogen-bond acceptors (Lipinski definition) is 4. The molecule has 0 fully saturated rings. The van der Waals surface area contributed by atoms with E-state index in [9.17, 15) is 13.2 Å². The van der Waals surface area contributed by atoms with Gasteiger partial charge in [0.15, 0.2) is 0 Å². The van der Waals surface area contributed by atoms with Crippen LogP contribution in [0.25, 0.3) is 0 Å². The molecule has 1 amide bonds. The molecule has 0 saturated carbocycles. The Morgan fingerprint density at radius 3 is 2.44 bits per heavy atom. The van der Waals surface area contributed by atoms with E-state index in [-0.39, 0.29) is 22.7 Å². The standard InChI is InChI=1S/C20H23N3O3S/c1-4-15-9-11-16(12-10-15)13(2)22-20(24)14(3)21-19-17-7-5-6-8-18(17)27(25,26)23-19/h5-14H,4H2,1-3H3,(H,21,23)(H,22,24). The zero-order chi connectivity index (χ0) is 19.6. The van der Waals surface area contributed by atoms with Gasteiger partial charge in [-0.15, -0.1) is 0 Å². The van der Waals surface area contributed by atoms with Crippen LogP contribution in [0.15, 0.2) is 58.4 Å². The van der Waals surface area contributed by atoms with Crippen LogP contribution in [0.2, 0.25) is 0 Å². The van der Waals surface area contributed by atoms with Crippen molar-refractivity contribution in [2.75, 3.05) is 0 Å². The van der Waals surface area contributed by atoms with Crippen molar-refractivity contribution in [3.8, 4) is 0 Å². The molecule has 0 bridgehead atoms. The van der Waals surface area contributed by atoms with E-state index in [2.05, 4.69) is 22.0 Å². The van der Waals surface area contributed by atoms with Gasteiger partial charge in [-0.05, 0) is 43.5 Å². The summed E-state index contributed by atoms with van der Waals surface area (Å²) in [5.41, 5.74) is 2.73. The lowest BCUT2D eigenvalue weighted by Gasteiger charge is -2.17. The third-order valence-electron chi connectivity index (χ3n) is 4.61. The van der Waals surface area contributed by atoms with Crippen molar-refractivity contribution in [2.45, 2.75) is 44.2 Å². The first kappa shape index (κ1) is 19.1. The molecule has 2 aromatic rings. The minimum Gasteiger partial charge on any atom is -0.348 e. The van der Waals surface area contributed by atoms with Crippen molar-refractivity contribution in [1.82, 2.24) is 10.0 Å². The van der Waals surface area contributed by atoms with E-state index in [0.29, 0.717) is 5.56 Å². The highest BCUT2D eigenvalue weighted by atomic mass is 32.2. The predicted molar refractivity (Wildman–Crippen MR) is 105 cm³/mol. The van der Waals surface area contributed by atoms with Crippen molar-refractivity contribution in [2.24, 2.45) is 4.99 Å². The number of sulfonamides is 1. The van der Waals surface area contributed by atoms with Crippen LogP contribution in [0.3, 0.4) is 0 Å². The first-order valence-corrected chi connectivity index (χ1v) is 10.4. The summed E-state index contributed by atoms with van der Waals surface area (Å²) in [5.74, 6) is -0.0636. The zero-order valence-electron chi connectivity index (χ0n) is 15.6. The maximum Gasteiger partial charge on any atom is 0.263 e. The van der Waals surface area contributed by atoms with E-state index in [0.717, 1.165) is 12.0 Å². The number of carbonyl (C=O) groups excluding carboxylic acids is 1. The van der Waals surface area contributed by atoms with Gasteiger partial charge in [-0.25, -0.2) is 8.42 Å². The highest BCUT2D eigenvalue weighted by Crippen LogP contribution is 2.22. The lowest BCUT2D eigenvalue weighted by atomic mass is 10.0. The highest BCUT2D eigenvalue weighted by Gasteiger charge is 2.31. The average Bonchev–Trinajstić information content (AvgIpc) is 2.92. The Balaban J connectivity index is 1.73. The molecule has 2 N–H and O–H groups in total. The number of rotatable bonds is 5. The fourth-order valence-corrected chi connectivity index (χ4v) is 4.18. The summed E-state index contributed by atoms with van der Waals surface area (Å²) in [7, 11) is -3.61. The van der Waals surface area contributed by atoms with E-state index >= 15 is 0 Å². The van der Waals surface area contributed by atoms with Gasteiger partial charge in [-0.3, -0.25) is 14.5 Å². The van der Waals surface area contributed by atoms with Crippen molar-refractivity contribution in [1.29, 1.82) is 0 Å². The summed E-state index contributed by atoms with van der Waals surface area (Å²) < 4.78 is 26.7. The quantitative estimate of drug-likeness (QED) is 0.829. The van der Waals surface area contributed by atoms with Crippen molar-refractivity contribution >= 4 is 21.8 Å². The van der Waals surface area contributed by atoms with Gasteiger partial charge in [0.1, 0.15) is 11.9 Å². The van der Waals surface area contributed by atoms with Gasteiger partial charge in [-0.2, -0.15) is 0 Å². The summed E-state index contributed by atoms with van der Waals surface area (Å²) in [6.07, 6.45) is 0.965. The van der Waals surface area contributed by atoms with Crippen molar-refractivity contribution in [3.63, 3.8) is 0 Å². The van der Waals surface area contributed by atoms with Crippen LogP contribution < -0.4 is 10.0 Å². The van der Waals surface area contributed by atoms with E-state index in [1.54, 1.807) is 25.1 Å². The molecule has 142 valence electrons. The Bertz CT molecular complexity index is 982. The number of aliphatic imine (C=N–C) groups is 1. The number of hydrogen-bond donors (Lipinski definition) is 2. The molecule has 0 saturated heterocycles. The largest absolute Gasteiger partial charge is 0.348 e. The van der Waals surface area contributed by atoms with Crippen molar-refractivity contribution < 1.29 is 13.2 Å². The van der Waals surface area contributed by atoms with Gasteiger partial charge in [0.05, 0.1) is 10.9 Å². The molecule has 0 radical (unpaired) electrons. The van der Waals surface area contributed by atoms with Crippen LogP contribution in [0.1, 0.15) is 43.5 Å². The molecule has 3 rings (SSSR count). The van der Waals surface area contributed by atoms with E-state index in [1.165, 1.54) is 11.6 Å². The molecule has 27 heavy (non-hydrogen) atoms. The molecule has 0 spiro atoms. The second-order valence-electron chi connectivity index (χ2n) is 6.58. The normalized spacial score (nSPS) is 18.4. The maximum atomic E-state index is 12.5. The highest BCUT2D eigenvalue weighted by molar-refractivity contribution is 7.90. The fraction of sp³-hybridized carbons (Fsp3) is 0.300. The first-order valence-electron chi connectivity index (χ1n) is 8.91. The summed E-state index contributed by atoms with van der Waals surface area (Å²) >= 11 is 0. The van der Waals surface area contributed by atoms with E-state index in [4.69, 9.17) is 0 Å². The minimum absolute atomic E-state index is 0.168. The third kappa shape index (κ3) is 4.03. The number of nitrogens with one attached hydrogen (secondary N) is 2. The van der Waals surface area contributed by atoms with Crippen molar-refractivity contribution in [3.05, 3.63) is 65.2 Å². The Kier molecular flexibility index (Phi) is 5.32. The molecule has 2 unspecified atom stereocenters. The third-order valence-corrected chi connectivity index (χ3v) is 6.01. The molecule has 7 heteroatoms. The van der Waals surface area contributed by atoms with Crippen LogP contribution in [-0.2, 0) is 21.2 Å². The van der Waals surface area contributed by atoms with Gasteiger partial charge in [0, 0.05) is 5.56 Å². The minimum atomic E-state index is -3.61. The first-order chi connectivity index (χ1) is 12.8. The molecule has 2 aromatic carbocycles. The summed E-state index contributed by atoms with van der Waals surface area (Å²) in [5, 5.41) is 2.93. The molecule has 1 heterocycles. The predicted octanol–water partition coefficient (Wildman–Crippen LogP) is 2.55. The molecule has 0 aromatic heterocycles. The average molecular weight is 385 g/mol. The number of aryl methyl sites for hydroxylation is 1. The lowest BCUT2D eigenvalue weighted by molar-refractivity contribution is -0.122. The second kappa shape index (κ2) is 7.52. The molecule has 2 atom stereocenters. The van der Waals surface area contributed by atoms with Crippen LogP contribution in [0.4, 0.5) is 0 Å². The Labute approximate surface area is 159 Å². The maximum absolute atomic E-state index is 12.5. The monoisotopic (exact) mass is 385 g/mol. The smallest absolute Gasteiger partial charge is 0.263 e. The van der Waals surface area contributed by atoms with Gasteiger partial charge < -0.3 is 5.32 Å². The molecule has 1 aliphatic heterocycles. The number of amides is 1. The van der Waals surface area contributed by atoms with E-state index < -0.39 is 16.1 Å². The zero-order valence-corrected chi connectivity index (χ0v) is 16.4. The van der Waals surface area contributed by atoms with Crippen LogP contribution in [0.5, 0.6) is 0 Å².